The molecule has 0 radical (unpaired) electrons. The van der Waals surface area contributed by atoms with E-state index in [0.717, 1.165) is 28.6 Å². The Morgan fingerprint density at radius 1 is 1.21 bits per heavy atom. The molecule has 1 aliphatic rings. The second-order valence-corrected chi connectivity index (χ2v) is 7.51. The molecule has 0 spiro atoms. The maximum Gasteiger partial charge on any atom is 0.138 e. The molecule has 0 aromatic heterocycles. The van der Waals surface area contributed by atoms with Gasteiger partial charge in [0.2, 0.25) is 0 Å². The van der Waals surface area contributed by atoms with Gasteiger partial charge in [-0.15, -0.1) is 0 Å². The Morgan fingerprint density at radius 2 is 1.79 bits per heavy atom. The molecule has 1 aliphatic carbocycles. The summed E-state index contributed by atoms with van der Waals surface area (Å²) in [6, 6.07) is 4.40. The molecule has 2 N–H and O–H groups in total. The maximum atomic E-state index is 6.64. The molecule has 3 heteroatoms. The molecule has 1 aromatic carbocycles. The zero-order chi connectivity index (χ0) is 14.3. The first-order valence-electron chi connectivity index (χ1n) is 6.95. The van der Waals surface area contributed by atoms with Crippen molar-refractivity contribution >= 4 is 15.9 Å². The highest BCUT2D eigenvalue weighted by Crippen LogP contribution is 2.45. The van der Waals surface area contributed by atoms with Gasteiger partial charge in [-0.25, -0.2) is 0 Å². The third kappa shape index (κ3) is 2.82. The Kier molecular flexibility index (Phi) is 3.99. The van der Waals surface area contributed by atoms with Crippen LogP contribution in [0.3, 0.4) is 0 Å². The van der Waals surface area contributed by atoms with E-state index in [1.165, 1.54) is 18.4 Å². The van der Waals surface area contributed by atoms with E-state index in [2.05, 4.69) is 48.8 Å². The van der Waals surface area contributed by atoms with Crippen molar-refractivity contribution in [1.29, 1.82) is 0 Å². The second-order valence-electron chi connectivity index (χ2n) is 6.65. The molecule has 0 heterocycles. The molecule has 0 unspecified atom stereocenters. The van der Waals surface area contributed by atoms with Crippen LogP contribution in [0.2, 0.25) is 0 Å². The molecular weight excluding hydrogens is 302 g/mol. The van der Waals surface area contributed by atoms with Crippen molar-refractivity contribution < 1.29 is 4.74 Å². The lowest BCUT2D eigenvalue weighted by Crippen LogP contribution is -2.34. The van der Waals surface area contributed by atoms with Gasteiger partial charge in [0, 0.05) is 11.1 Å². The summed E-state index contributed by atoms with van der Waals surface area (Å²) in [6.45, 7) is 6.68. The van der Waals surface area contributed by atoms with Crippen molar-refractivity contribution in [3.8, 4) is 5.75 Å². The van der Waals surface area contributed by atoms with Gasteiger partial charge in [-0.1, -0.05) is 33.6 Å². The molecule has 0 saturated heterocycles. The van der Waals surface area contributed by atoms with Crippen molar-refractivity contribution in [2.45, 2.75) is 57.4 Å². The number of methoxy groups -OCH3 is 1. The van der Waals surface area contributed by atoms with Crippen LogP contribution in [-0.4, -0.2) is 7.11 Å². The van der Waals surface area contributed by atoms with E-state index in [9.17, 15) is 0 Å². The van der Waals surface area contributed by atoms with Gasteiger partial charge >= 0.3 is 0 Å². The fourth-order valence-corrected chi connectivity index (χ4v) is 3.50. The smallest absolute Gasteiger partial charge is 0.138 e. The Hall–Kier alpha value is -0.540. The van der Waals surface area contributed by atoms with Crippen LogP contribution in [0.4, 0.5) is 0 Å². The van der Waals surface area contributed by atoms with Gasteiger partial charge in [0.1, 0.15) is 5.75 Å². The molecular formula is C16H24BrNO. The average molecular weight is 326 g/mol. The van der Waals surface area contributed by atoms with Crippen LogP contribution in [0, 0.1) is 0 Å². The van der Waals surface area contributed by atoms with Crippen molar-refractivity contribution in [2.75, 3.05) is 7.11 Å². The number of ether oxygens (including phenoxy) is 1. The van der Waals surface area contributed by atoms with Crippen LogP contribution in [0.25, 0.3) is 0 Å². The lowest BCUT2D eigenvalue weighted by molar-refractivity contribution is 0.376. The van der Waals surface area contributed by atoms with Crippen LogP contribution in [0.1, 0.15) is 57.6 Å². The van der Waals surface area contributed by atoms with E-state index in [0.29, 0.717) is 0 Å². The zero-order valence-corrected chi connectivity index (χ0v) is 13.9. The highest BCUT2D eigenvalue weighted by Gasteiger charge is 2.35. The lowest BCUT2D eigenvalue weighted by Gasteiger charge is -2.30. The molecule has 19 heavy (non-hydrogen) atoms. The number of nitrogens with two attached hydrogens (primary N) is 1. The van der Waals surface area contributed by atoms with Crippen LogP contribution in [0.5, 0.6) is 5.75 Å². The Balaban J connectivity index is 2.60. The second kappa shape index (κ2) is 5.10. The predicted molar refractivity (Wildman–Crippen MR) is 83.7 cm³/mol. The van der Waals surface area contributed by atoms with Crippen LogP contribution >= 0.6 is 15.9 Å². The molecule has 2 rings (SSSR count). The first-order valence-corrected chi connectivity index (χ1v) is 7.74. The maximum absolute atomic E-state index is 6.64. The monoisotopic (exact) mass is 325 g/mol. The first kappa shape index (κ1) is 14.9. The zero-order valence-electron chi connectivity index (χ0n) is 12.3. The lowest BCUT2D eigenvalue weighted by atomic mass is 9.81. The van der Waals surface area contributed by atoms with Gasteiger partial charge in [-0.2, -0.15) is 0 Å². The van der Waals surface area contributed by atoms with E-state index in [1.54, 1.807) is 7.11 Å². The number of rotatable bonds is 2. The highest BCUT2D eigenvalue weighted by atomic mass is 79.9. The summed E-state index contributed by atoms with van der Waals surface area (Å²) >= 11 is 3.64. The standard InChI is InChI=1S/C16H24BrNO/c1-15(2,3)11-9-12(14(19-4)13(17)10-11)16(18)7-5-6-8-16/h9-10H,5-8,18H2,1-4H3. The summed E-state index contributed by atoms with van der Waals surface area (Å²) in [5.74, 6) is 0.900. The molecule has 0 atom stereocenters. The number of hydrogen-bond donors (Lipinski definition) is 1. The molecule has 1 fully saturated rings. The van der Waals surface area contributed by atoms with Gasteiger partial charge < -0.3 is 10.5 Å². The summed E-state index contributed by atoms with van der Waals surface area (Å²) < 4.78 is 6.60. The van der Waals surface area contributed by atoms with E-state index in [-0.39, 0.29) is 11.0 Å². The summed E-state index contributed by atoms with van der Waals surface area (Å²) in [4.78, 5) is 0. The fourth-order valence-electron chi connectivity index (χ4n) is 2.88. The van der Waals surface area contributed by atoms with Gasteiger partial charge in [0.05, 0.1) is 11.6 Å². The van der Waals surface area contributed by atoms with Gasteiger partial charge in [0.15, 0.2) is 0 Å². The number of hydrogen-bond acceptors (Lipinski definition) is 2. The van der Waals surface area contributed by atoms with Crippen molar-refractivity contribution in [3.63, 3.8) is 0 Å². The van der Waals surface area contributed by atoms with Crippen molar-refractivity contribution in [3.05, 3.63) is 27.7 Å². The molecule has 0 bridgehead atoms. The highest BCUT2D eigenvalue weighted by molar-refractivity contribution is 9.10. The van der Waals surface area contributed by atoms with Gasteiger partial charge in [-0.3, -0.25) is 0 Å². The third-order valence-corrected chi connectivity index (χ3v) is 4.73. The summed E-state index contributed by atoms with van der Waals surface area (Å²) in [7, 11) is 1.72. The fraction of sp³-hybridized carbons (Fsp3) is 0.625. The Bertz CT molecular complexity index is 470. The number of benzene rings is 1. The van der Waals surface area contributed by atoms with Crippen molar-refractivity contribution in [2.24, 2.45) is 5.73 Å². The summed E-state index contributed by atoms with van der Waals surface area (Å²) in [5, 5.41) is 0. The number of halogens is 1. The van der Waals surface area contributed by atoms with Gasteiger partial charge in [-0.05, 0) is 51.9 Å². The average Bonchev–Trinajstić information content (AvgIpc) is 2.75. The largest absolute Gasteiger partial charge is 0.495 e. The molecule has 0 amide bonds. The van der Waals surface area contributed by atoms with E-state index >= 15 is 0 Å². The normalized spacial score (nSPS) is 18.6. The van der Waals surface area contributed by atoms with Crippen LogP contribution < -0.4 is 10.5 Å². The Labute approximate surface area is 124 Å². The topological polar surface area (TPSA) is 35.2 Å². The van der Waals surface area contributed by atoms with E-state index in [1.807, 2.05) is 0 Å². The Morgan fingerprint density at radius 3 is 2.26 bits per heavy atom. The predicted octanol–water partition coefficient (Wildman–Crippen LogP) is 4.48. The minimum absolute atomic E-state index is 0.110. The molecule has 2 nitrogen and oxygen atoms in total. The van der Waals surface area contributed by atoms with Crippen LogP contribution in [-0.2, 0) is 11.0 Å². The van der Waals surface area contributed by atoms with Crippen molar-refractivity contribution in [1.82, 2.24) is 0 Å². The molecule has 1 saturated carbocycles. The SMILES string of the molecule is COc1c(Br)cc(C(C)(C)C)cc1C1(N)CCCC1. The molecule has 0 aliphatic heterocycles. The summed E-state index contributed by atoms with van der Waals surface area (Å²) in [5.41, 5.74) is 8.98. The molecule has 106 valence electrons. The van der Waals surface area contributed by atoms with Gasteiger partial charge in [0.25, 0.3) is 0 Å². The minimum atomic E-state index is -0.227. The quantitative estimate of drug-likeness (QED) is 0.869. The minimum Gasteiger partial charge on any atom is -0.495 e. The van der Waals surface area contributed by atoms with E-state index < -0.39 is 0 Å². The van der Waals surface area contributed by atoms with Crippen LogP contribution in [0.15, 0.2) is 16.6 Å². The van der Waals surface area contributed by atoms with E-state index in [4.69, 9.17) is 10.5 Å². The third-order valence-electron chi connectivity index (χ3n) is 4.15. The first-order chi connectivity index (χ1) is 8.78. The molecule has 1 aromatic rings. The summed E-state index contributed by atoms with van der Waals surface area (Å²) in [6.07, 6.45) is 4.50.